The van der Waals surface area contributed by atoms with Gasteiger partial charge in [-0.3, -0.25) is 0 Å². The van der Waals surface area contributed by atoms with E-state index >= 15 is 0 Å². The largest absolute Gasteiger partial charge is 0.497 e. The first-order chi connectivity index (χ1) is 8.10. The SMILES string of the molecule is COc1ccc2nc(CC(N)C(C)C)sc2c1. The first-order valence-electron chi connectivity index (χ1n) is 5.79. The summed E-state index contributed by atoms with van der Waals surface area (Å²) in [4.78, 5) is 4.59. The minimum Gasteiger partial charge on any atom is -0.497 e. The molecule has 1 unspecified atom stereocenters. The van der Waals surface area contributed by atoms with Crippen molar-refractivity contribution in [3.63, 3.8) is 0 Å². The maximum atomic E-state index is 6.07. The molecule has 0 spiro atoms. The van der Waals surface area contributed by atoms with Crippen LogP contribution >= 0.6 is 11.3 Å². The highest BCUT2D eigenvalue weighted by Gasteiger charge is 2.12. The fraction of sp³-hybridized carbons (Fsp3) is 0.462. The number of nitrogens with zero attached hydrogens (tertiary/aromatic N) is 1. The van der Waals surface area contributed by atoms with E-state index < -0.39 is 0 Å². The third kappa shape index (κ3) is 2.76. The summed E-state index contributed by atoms with van der Waals surface area (Å²) in [5.74, 6) is 1.36. The van der Waals surface area contributed by atoms with Gasteiger partial charge >= 0.3 is 0 Å². The second-order valence-corrected chi connectivity index (χ2v) is 5.67. The lowest BCUT2D eigenvalue weighted by Gasteiger charge is -2.12. The van der Waals surface area contributed by atoms with E-state index in [0.29, 0.717) is 5.92 Å². The van der Waals surface area contributed by atoms with Crippen LogP contribution in [0.25, 0.3) is 10.2 Å². The molecule has 0 aliphatic heterocycles. The number of nitrogens with two attached hydrogens (primary N) is 1. The number of aromatic nitrogens is 1. The maximum Gasteiger partial charge on any atom is 0.120 e. The Kier molecular flexibility index (Phi) is 3.64. The Morgan fingerprint density at radius 2 is 2.18 bits per heavy atom. The zero-order valence-corrected chi connectivity index (χ0v) is 11.3. The Balaban J connectivity index is 2.25. The lowest BCUT2D eigenvalue weighted by atomic mass is 10.0. The third-order valence-electron chi connectivity index (χ3n) is 2.91. The van der Waals surface area contributed by atoms with Crippen molar-refractivity contribution < 1.29 is 4.74 Å². The lowest BCUT2D eigenvalue weighted by Crippen LogP contribution is -2.28. The zero-order valence-electron chi connectivity index (χ0n) is 10.4. The predicted molar refractivity (Wildman–Crippen MR) is 72.7 cm³/mol. The fourth-order valence-corrected chi connectivity index (χ4v) is 2.67. The van der Waals surface area contributed by atoms with Gasteiger partial charge in [-0.1, -0.05) is 13.8 Å². The summed E-state index contributed by atoms with van der Waals surface area (Å²) in [5, 5.41) is 1.11. The van der Waals surface area contributed by atoms with Crippen molar-refractivity contribution in [2.24, 2.45) is 11.7 Å². The third-order valence-corrected chi connectivity index (χ3v) is 3.95. The molecule has 1 aromatic heterocycles. The molecule has 0 bridgehead atoms. The van der Waals surface area contributed by atoms with E-state index in [1.54, 1.807) is 18.4 Å². The van der Waals surface area contributed by atoms with Gasteiger partial charge in [0, 0.05) is 12.5 Å². The Morgan fingerprint density at radius 3 is 2.82 bits per heavy atom. The van der Waals surface area contributed by atoms with E-state index in [1.165, 1.54) is 0 Å². The van der Waals surface area contributed by atoms with Gasteiger partial charge in [0.1, 0.15) is 5.75 Å². The molecule has 0 fully saturated rings. The topological polar surface area (TPSA) is 48.1 Å². The van der Waals surface area contributed by atoms with Crippen molar-refractivity contribution >= 4 is 21.6 Å². The van der Waals surface area contributed by atoms with E-state index in [9.17, 15) is 0 Å². The smallest absolute Gasteiger partial charge is 0.120 e. The molecular formula is C13H18N2OS. The number of ether oxygens (including phenoxy) is 1. The minimum atomic E-state index is 0.178. The first kappa shape index (κ1) is 12.3. The number of hydrogen-bond acceptors (Lipinski definition) is 4. The standard InChI is InChI=1S/C13H18N2OS/c1-8(2)10(14)7-13-15-11-5-4-9(16-3)6-12(11)17-13/h4-6,8,10H,7,14H2,1-3H3. The molecule has 0 saturated carbocycles. The van der Waals surface area contributed by atoms with Gasteiger partial charge in [0.25, 0.3) is 0 Å². The van der Waals surface area contributed by atoms with Gasteiger partial charge in [0.05, 0.1) is 22.3 Å². The van der Waals surface area contributed by atoms with Crippen molar-refractivity contribution in [1.82, 2.24) is 4.98 Å². The molecule has 0 radical (unpaired) electrons. The van der Waals surface area contributed by atoms with E-state index in [4.69, 9.17) is 10.5 Å². The number of rotatable bonds is 4. The highest BCUT2D eigenvalue weighted by molar-refractivity contribution is 7.18. The average Bonchev–Trinajstić information content (AvgIpc) is 2.69. The Morgan fingerprint density at radius 1 is 1.41 bits per heavy atom. The average molecular weight is 250 g/mol. The van der Waals surface area contributed by atoms with Crippen LogP contribution in [-0.2, 0) is 6.42 Å². The van der Waals surface area contributed by atoms with Crippen LogP contribution in [-0.4, -0.2) is 18.1 Å². The molecule has 4 heteroatoms. The summed E-state index contributed by atoms with van der Waals surface area (Å²) in [6, 6.07) is 6.14. The highest BCUT2D eigenvalue weighted by atomic mass is 32.1. The second-order valence-electron chi connectivity index (χ2n) is 4.55. The van der Waals surface area contributed by atoms with Gasteiger partial charge in [-0.2, -0.15) is 0 Å². The molecule has 1 atom stereocenters. The Labute approximate surface area is 106 Å². The fourth-order valence-electron chi connectivity index (χ4n) is 1.60. The van der Waals surface area contributed by atoms with E-state index in [0.717, 1.165) is 27.4 Å². The Bertz CT molecular complexity index is 507. The quantitative estimate of drug-likeness (QED) is 0.907. The monoisotopic (exact) mass is 250 g/mol. The normalized spacial score (nSPS) is 13.2. The van der Waals surface area contributed by atoms with Crippen LogP contribution in [0.15, 0.2) is 18.2 Å². The van der Waals surface area contributed by atoms with Crippen LogP contribution < -0.4 is 10.5 Å². The summed E-state index contributed by atoms with van der Waals surface area (Å²) >= 11 is 1.70. The van der Waals surface area contributed by atoms with Crippen LogP contribution in [0.1, 0.15) is 18.9 Å². The molecule has 2 rings (SSSR count). The number of thiazole rings is 1. The van der Waals surface area contributed by atoms with Crippen LogP contribution in [0, 0.1) is 5.92 Å². The van der Waals surface area contributed by atoms with Crippen LogP contribution in [0.5, 0.6) is 5.75 Å². The summed E-state index contributed by atoms with van der Waals surface area (Å²) in [6.07, 6.45) is 0.847. The summed E-state index contributed by atoms with van der Waals surface area (Å²) in [6.45, 7) is 4.28. The van der Waals surface area contributed by atoms with Gasteiger partial charge in [-0.05, 0) is 24.1 Å². The molecule has 1 aromatic carbocycles. The highest BCUT2D eigenvalue weighted by Crippen LogP contribution is 2.27. The van der Waals surface area contributed by atoms with Crippen molar-refractivity contribution in [3.05, 3.63) is 23.2 Å². The van der Waals surface area contributed by atoms with Crippen molar-refractivity contribution in [1.29, 1.82) is 0 Å². The molecule has 3 nitrogen and oxygen atoms in total. The lowest BCUT2D eigenvalue weighted by molar-refractivity contribution is 0.415. The van der Waals surface area contributed by atoms with E-state index in [-0.39, 0.29) is 6.04 Å². The molecule has 0 aliphatic rings. The van der Waals surface area contributed by atoms with Crippen LogP contribution in [0.2, 0.25) is 0 Å². The molecule has 0 saturated heterocycles. The summed E-state index contributed by atoms with van der Waals surface area (Å²) in [7, 11) is 1.68. The molecule has 0 aliphatic carbocycles. The molecule has 17 heavy (non-hydrogen) atoms. The van der Waals surface area contributed by atoms with Crippen LogP contribution in [0.3, 0.4) is 0 Å². The molecule has 1 heterocycles. The van der Waals surface area contributed by atoms with Gasteiger partial charge in [-0.15, -0.1) is 11.3 Å². The van der Waals surface area contributed by atoms with Crippen molar-refractivity contribution in [3.8, 4) is 5.75 Å². The van der Waals surface area contributed by atoms with Crippen LogP contribution in [0.4, 0.5) is 0 Å². The summed E-state index contributed by atoms with van der Waals surface area (Å²) in [5.41, 5.74) is 7.10. The summed E-state index contributed by atoms with van der Waals surface area (Å²) < 4.78 is 6.37. The number of methoxy groups -OCH3 is 1. The molecule has 92 valence electrons. The van der Waals surface area contributed by atoms with Gasteiger partial charge < -0.3 is 10.5 Å². The predicted octanol–water partition coefficient (Wildman–Crippen LogP) is 2.83. The molecule has 0 amide bonds. The second kappa shape index (κ2) is 5.02. The van der Waals surface area contributed by atoms with Gasteiger partial charge in [0.15, 0.2) is 0 Å². The number of hydrogen-bond donors (Lipinski definition) is 1. The Hall–Kier alpha value is -1.13. The number of fused-ring (bicyclic) bond motifs is 1. The van der Waals surface area contributed by atoms with E-state index in [2.05, 4.69) is 18.8 Å². The number of benzene rings is 1. The van der Waals surface area contributed by atoms with Gasteiger partial charge in [-0.25, -0.2) is 4.98 Å². The maximum absolute atomic E-state index is 6.07. The van der Waals surface area contributed by atoms with Gasteiger partial charge in [0.2, 0.25) is 0 Å². The van der Waals surface area contributed by atoms with E-state index in [1.807, 2.05) is 18.2 Å². The molecule has 2 N–H and O–H groups in total. The molecular weight excluding hydrogens is 232 g/mol. The minimum absolute atomic E-state index is 0.178. The van der Waals surface area contributed by atoms with Crippen molar-refractivity contribution in [2.45, 2.75) is 26.3 Å². The van der Waals surface area contributed by atoms with Crippen molar-refractivity contribution in [2.75, 3.05) is 7.11 Å². The molecule has 2 aromatic rings. The first-order valence-corrected chi connectivity index (χ1v) is 6.61. The zero-order chi connectivity index (χ0) is 12.4.